The van der Waals surface area contributed by atoms with Crippen molar-refractivity contribution in [3.05, 3.63) is 64.3 Å². The molecule has 0 saturated carbocycles. The fraction of sp³-hybridized carbons (Fsp3) is 0.391. The number of aromatic nitrogens is 3. The molecule has 0 N–H and O–H groups in total. The van der Waals surface area contributed by atoms with E-state index in [2.05, 4.69) is 27.3 Å². The smallest absolute Gasteiger partial charge is 0.190 e. The molecular formula is C23H26N6. The maximum Gasteiger partial charge on any atom is 0.190 e. The molecule has 1 saturated heterocycles. The number of benzene rings is 1. The normalized spacial score (nSPS) is 15.7. The Labute approximate surface area is 171 Å². The van der Waals surface area contributed by atoms with Crippen LogP contribution in [0.4, 0.5) is 11.5 Å². The second-order valence-corrected chi connectivity index (χ2v) is 7.70. The Hall–Kier alpha value is -3.20. The molecule has 3 aromatic rings. The maximum atomic E-state index is 7.38. The van der Waals surface area contributed by atoms with Gasteiger partial charge in [0, 0.05) is 25.5 Å². The highest BCUT2D eigenvalue weighted by atomic mass is 15.2. The molecule has 0 radical (unpaired) electrons. The van der Waals surface area contributed by atoms with E-state index in [4.69, 9.17) is 21.5 Å². The molecule has 1 fully saturated rings. The Morgan fingerprint density at radius 2 is 1.97 bits per heavy atom. The number of rotatable bonds is 3. The molecule has 2 aromatic heterocycles. The monoisotopic (exact) mass is 386 g/mol. The van der Waals surface area contributed by atoms with Crippen molar-refractivity contribution in [2.24, 2.45) is 12.0 Å². The third-order valence-corrected chi connectivity index (χ3v) is 5.89. The third-order valence-electron chi connectivity index (χ3n) is 5.89. The fourth-order valence-electron chi connectivity index (χ4n) is 4.03. The van der Waals surface area contributed by atoms with Crippen LogP contribution < -0.4 is 10.4 Å². The summed E-state index contributed by atoms with van der Waals surface area (Å²) in [6, 6.07) is 7.86. The van der Waals surface area contributed by atoms with E-state index in [1.807, 2.05) is 45.3 Å². The van der Waals surface area contributed by atoms with Crippen LogP contribution in [0, 0.1) is 20.4 Å². The standard InChI is InChI=1S/C23H26N6/c1-15-18(9-8-10-20(15)24-4)16(2)26-23-19-13-22(29-11-6-7-12-29)25-14-21(19)28(5)17(3)27-23/h8-10,13-14,16H,6-7,11-12H2,1-3,5H3/t16-/m1/s1. The molecule has 6 heteroatoms. The zero-order chi connectivity index (χ0) is 20.5. The maximum absolute atomic E-state index is 7.38. The van der Waals surface area contributed by atoms with Crippen molar-refractivity contribution in [3.8, 4) is 0 Å². The number of hydrogen-bond acceptors (Lipinski definition) is 4. The van der Waals surface area contributed by atoms with Gasteiger partial charge in [0.05, 0.1) is 24.3 Å². The number of hydrogen-bond donors (Lipinski definition) is 0. The highest BCUT2D eigenvalue weighted by Crippen LogP contribution is 2.28. The van der Waals surface area contributed by atoms with Crippen LogP contribution in [0.1, 0.15) is 42.8 Å². The molecule has 4 rings (SSSR count). The van der Waals surface area contributed by atoms with Crippen molar-refractivity contribution in [3.63, 3.8) is 0 Å². The van der Waals surface area contributed by atoms with Gasteiger partial charge in [0.2, 0.25) is 0 Å². The molecular weight excluding hydrogens is 360 g/mol. The van der Waals surface area contributed by atoms with E-state index in [1.165, 1.54) is 12.8 Å². The minimum Gasteiger partial charge on any atom is -0.357 e. The molecule has 1 atom stereocenters. The number of aryl methyl sites for hydroxylation is 2. The van der Waals surface area contributed by atoms with Crippen LogP contribution in [0.2, 0.25) is 0 Å². The number of fused-ring (bicyclic) bond motifs is 1. The van der Waals surface area contributed by atoms with E-state index < -0.39 is 0 Å². The molecule has 148 valence electrons. The second-order valence-electron chi connectivity index (χ2n) is 7.70. The molecule has 6 nitrogen and oxygen atoms in total. The highest BCUT2D eigenvalue weighted by molar-refractivity contribution is 5.80. The van der Waals surface area contributed by atoms with Crippen molar-refractivity contribution in [2.45, 2.75) is 39.7 Å². The number of nitrogens with zero attached hydrogens (tertiary/aromatic N) is 6. The zero-order valence-corrected chi connectivity index (χ0v) is 17.5. The number of pyridine rings is 1. The molecule has 1 aromatic carbocycles. The first-order chi connectivity index (χ1) is 14.0. The van der Waals surface area contributed by atoms with Crippen LogP contribution in [0.15, 0.2) is 35.5 Å². The Kier molecular flexibility index (Phi) is 5.06. The van der Waals surface area contributed by atoms with E-state index in [0.29, 0.717) is 5.69 Å². The Morgan fingerprint density at radius 1 is 1.21 bits per heavy atom. The predicted molar refractivity (Wildman–Crippen MR) is 116 cm³/mol. The van der Waals surface area contributed by atoms with Gasteiger partial charge < -0.3 is 9.47 Å². The SMILES string of the molecule is [C-]#[N+]c1cccc([C@@H](C)N=c2nc(C)n(C)c3cnc(N4CCCC4)cc23)c1C. The van der Waals surface area contributed by atoms with Gasteiger partial charge in [-0.05, 0) is 50.8 Å². The van der Waals surface area contributed by atoms with E-state index in [0.717, 1.165) is 52.2 Å². The van der Waals surface area contributed by atoms with Crippen molar-refractivity contribution in [2.75, 3.05) is 18.0 Å². The van der Waals surface area contributed by atoms with Crippen molar-refractivity contribution >= 4 is 22.4 Å². The summed E-state index contributed by atoms with van der Waals surface area (Å²) in [5.74, 6) is 1.89. The van der Waals surface area contributed by atoms with Gasteiger partial charge in [-0.1, -0.05) is 18.2 Å². The summed E-state index contributed by atoms with van der Waals surface area (Å²) in [7, 11) is 2.01. The lowest BCUT2D eigenvalue weighted by molar-refractivity contribution is 0.755. The first-order valence-electron chi connectivity index (χ1n) is 10.1. The van der Waals surface area contributed by atoms with Crippen molar-refractivity contribution in [1.82, 2.24) is 14.5 Å². The van der Waals surface area contributed by atoms with Gasteiger partial charge in [0.25, 0.3) is 0 Å². The molecule has 0 unspecified atom stereocenters. The Morgan fingerprint density at radius 3 is 2.69 bits per heavy atom. The summed E-state index contributed by atoms with van der Waals surface area (Å²) in [5, 5.41) is 1.01. The minimum atomic E-state index is -0.0945. The van der Waals surface area contributed by atoms with E-state index in [-0.39, 0.29) is 6.04 Å². The fourth-order valence-corrected chi connectivity index (χ4v) is 4.03. The van der Waals surface area contributed by atoms with Crippen molar-refractivity contribution in [1.29, 1.82) is 0 Å². The van der Waals surface area contributed by atoms with Crippen LogP contribution in [-0.4, -0.2) is 27.6 Å². The molecule has 1 aliphatic heterocycles. The van der Waals surface area contributed by atoms with Gasteiger partial charge in [-0.15, -0.1) is 0 Å². The van der Waals surface area contributed by atoms with Gasteiger partial charge in [0.1, 0.15) is 11.6 Å². The summed E-state index contributed by atoms with van der Waals surface area (Å²) < 4.78 is 2.06. The topological polar surface area (TPSA) is 50.7 Å². The predicted octanol–water partition coefficient (Wildman–Crippen LogP) is 4.40. The lowest BCUT2D eigenvalue weighted by atomic mass is 10.0. The molecule has 0 amide bonds. The van der Waals surface area contributed by atoms with Crippen LogP contribution in [-0.2, 0) is 7.05 Å². The average Bonchev–Trinajstić information content (AvgIpc) is 3.26. The summed E-state index contributed by atoms with van der Waals surface area (Å²) in [5.41, 5.74) is 4.49. The quantitative estimate of drug-likeness (QED) is 0.627. The van der Waals surface area contributed by atoms with Crippen LogP contribution in [0.3, 0.4) is 0 Å². The minimum absolute atomic E-state index is 0.0945. The molecule has 29 heavy (non-hydrogen) atoms. The zero-order valence-electron chi connectivity index (χ0n) is 17.5. The van der Waals surface area contributed by atoms with E-state index in [9.17, 15) is 0 Å². The summed E-state index contributed by atoms with van der Waals surface area (Å²) in [6.45, 7) is 15.5. The number of anilines is 1. The summed E-state index contributed by atoms with van der Waals surface area (Å²) in [6.07, 6.45) is 4.36. The lowest BCUT2D eigenvalue weighted by Crippen LogP contribution is -2.21. The van der Waals surface area contributed by atoms with Gasteiger partial charge in [-0.3, -0.25) is 4.99 Å². The molecule has 0 spiro atoms. The molecule has 3 heterocycles. The van der Waals surface area contributed by atoms with Gasteiger partial charge in [-0.2, -0.15) is 0 Å². The van der Waals surface area contributed by atoms with Crippen LogP contribution >= 0.6 is 0 Å². The van der Waals surface area contributed by atoms with Gasteiger partial charge >= 0.3 is 0 Å². The first-order valence-corrected chi connectivity index (χ1v) is 10.1. The molecule has 0 bridgehead atoms. The Balaban J connectivity index is 1.89. The van der Waals surface area contributed by atoms with Crippen LogP contribution in [0.25, 0.3) is 15.7 Å². The summed E-state index contributed by atoms with van der Waals surface area (Å²) in [4.78, 5) is 20.5. The molecule has 0 aliphatic carbocycles. The largest absolute Gasteiger partial charge is 0.357 e. The van der Waals surface area contributed by atoms with Crippen LogP contribution in [0.5, 0.6) is 0 Å². The lowest BCUT2D eigenvalue weighted by Gasteiger charge is -2.18. The molecule has 1 aliphatic rings. The van der Waals surface area contributed by atoms with E-state index in [1.54, 1.807) is 0 Å². The van der Waals surface area contributed by atoms with Crippen molar-refractivity contribution < 1.29 is 0 Å². The van der Waals surface area contributed by atoms with E-state index >= 15 is 0 Å². The average molecular weight is 387 g/mol. The summed E-state index contributed by atoms with van der Waals surface area (Å²) >= 11 is 0. The second kappa shape index (κ2) is 7.67. The van der Waals surface area contributed by atoms with Gasteiger partial charge in [-0.25, -0.2) is 14.8 Å². The Bertz CT molecular complexity index is 1180. The highest BCUT2D eigenvalue weighted by Gasteiger charge is 2.16. The third kappa shape index (κ3) is 3.49. The van der Waals surface area contributed by atoms with Gasteiger partial charge in [0.15, 0.2) is 11.2 Å². The first kappa shape index (κ1) is 19.1.